The summed E-state index contributed by atoms with van der Waals surface area (Å²) in [5.74, 6) is 1.43. The predicted molar refractivity (Wildman–Crippen MR) is 69.7 cm³/mol. The Hall–Kier alpha value is -1.02. The average molecular weight is 234 g/mol. The van der Waals surface area contributed by atoms with Crippen molar-refractivity contribution in [2.75, 3.05) is 13.7 Å². The summed E-state index contributed by atoms with van der Waals surface area (Å²) < 4.78 is 5.45. The summed E-state index contributed by atoms with van der Waals surface area (Å²) in [7, 11) is 1.71. The van der Waals surface area contributed by atoms with Gasteiger partial charge in [-0.15, -0.1) is 0 Å². The maximum atomic E-state index is 9.68. The molecular weight excluding hydrogens is 212 g/mol. The van der Waals surface area contributed by atoms with Crippen LogP contribution in [0.1, 0.15) is 50.2 Å². The van der Waals surface area contributed by atoms with E-state index in [1.807, 2.05) is 6.07 Å². The molecule has 2 heteroatoms. The van der Waals surface area contributed by atoms with Gasteiger partial charge in [-0.05, 0) is 30.4 Å². The van der Waals surface area contributed by atoms with Crippen molar-refractivity contribution in [1.82, 2.24) is 0 Å². The zero-order chi connectivity index (χ0) is 12.5. The van der Waals surface area contributed by atoms with Crippen molar-refractivity contribution in [3.05, 3.63) is 29.3 Å². The van der Waals surface area contributed by atoms with E-state index in [-0.39, 0.29) is 12.0 Å². The fourth-order valence-electron chi connectivity index (χ4n) is 2.62. The Balaban J connectivity index is 2.45. The fourth-order valence-corrected chi connectivity index (χ4v) is 2.62. The molecule has 2 nitrogen and oxygen atoms in total. The molecule has 1 fully saturated rings. The number of aliphatic hydroxyl groups excluding tert-OH is 1. The van der Waals surface area contributed by atoms with Gasteiger partial charge in [-0.1, -0.05) is 32.4 Å². The van der Waals surface area contributed by atoms with Crippen LogP contribution in [0.3, 0.4) is 0 Å². The van der Waals surface area contributed by atoms with E-state index in [2.05, 4.69) is 26.0 Å². The Morgan fingerprint density at radius 3 is 2.47 bits per heavy atom. The van der Waals surface area contributed by atoms with Crippen molar-refractivity contribution < 1.29 is 9.84 Å². The highest BCUT2D eigenvalue weighted by molar-refractivity contribution is 5.44. The second kappa shape index (κ2) is 4.69. The monoisotopic (exact) mass is 234 g/mol. The van der Waals surface area contributed by atoms with Gasteiger partial charge in [-0.2, -0.15) is 0 Å². The summed E-state index contributed by atoms with van der Waals surface area (Å²) in [5, 5.41) is 9.68. The third kappa shape index (κ3) is 2.06. The van der Waals surface area contributed by atoms with Crippen LogP contribution in [0, 0.1) is 0 Å². The molecule has 0 atom stereocenters. The Labute approximate surface area is 104 Å². The molecule has 0 heterocycles. The Kier molecular flexibility index (Phi) is 3.43. The second-order valence-corrected chi connectivity index (χ2v) is 5.41. The third-order valence-electron chi connectivity index (χ3n) is 4.07. The molecule has 94 valence electrons. The van der Waals surface area contributed by atoms with Gasteiger partial charge in [0.2, 0.25) is 0 Å². The van der Waals surface area contributed by atoms with E-state index in [1.165, 1.54) is 17.5 Å². The summed E-state index contributed by atoms with van der Waals surface area (Å²) in [6.07, 6.45) is 3.35. The number of benzene rings is 1. The molecule has 1 aliphatic rings. The van der Waals surface area contributed by atoms with E-state index in [1.54, 1.807) is 7.11 Å². The molecule has 0 bridgehead atoms. The van der Waals surface area contributed by atoms with Gasteiger partial charge in [0, 0.05) is 11.0 Å². The number of rotatable bonds is 4. The van der Waals surface area contributed by atoms with Gasteiger partial charge >= 0.3 is 0 Å². The van der Waals surface area contributed by atoms with Gasteiger partial charge in [0.25, 0.3) is 0 Å². The summed E-state index contributed by atoms with van der Waals surface area (Å²) in [6, 6.07) is 6.38. The first-order valence-corrected chi connectivity index (χ1v) is 6.42. The van der Waals surface area contributed by atoms with Crippen molar-refractivity contribution in [2.24, 2.45) is 0 Å². The molecule has 0 spiro atoms. The van der Waals surface area contributed by atoms with Gasteiger partial charge in [0.15, 0.2) is 0 Å². The van der Waals surface area contributed by atoms with Crippen molar-refractivity contribution in [3.63, 3.8) is 0 Å². The van der Waals surface area contributed by atoms with E-state index < -0.39 is 0 Å². The second-order valence-electron chi connectivity index (χ2n) is 5.41. The number of aliphatic hydroxyl groups is 1. The summed E-state index contributed by atoms with van der Waals surface area (Å²) >= 11 is 0. The topological polar surface area (TPSA) is 29.5 Å². The van der Waals surface area contributed by atoms with Crippen molar-refractivity contribution in [2.45, 2.75) is 44.4 Å². The number of hydrogen-bond acceptors (Lipinski definition) is 2. The Morgan fingerprint density at radius 1 is 1.35 bits per heavy atom. The van der Waals surface area contributed by atoms with Crippen LogP contribution in [0.4, 0.5) is 0 Å². The standard InChI is InChI=1S/C15H22O2/c1-11(2)12-5-6-14(17-3)13(9-12)15(10-16)7-4-8-15/h5-6,9,11,16H,4,7-8,10H2,1-3H3. The lowest BCUT2D eigenvalue weighted by Crippen LogP contribution is -2.38. The molecule has 1 aromatic carbocycles. The van der Waals surface area contributed by atoms with E-state index in [4.69, 9.17) is 4.74 Å². The summed E-state index contributed by atoms with van der Waals surface area (Å²) in [5.41, 5.74) is 2.47. The van der Waals surface area contributed by atoms with Crippen molar-refractivity contribution in [3.8, 4) is 5.75 Å². The largest absolute Gasteiger partial charge is 0.496 e. The van der Waals surface area contributed by atoms with Crippen LogP contribution in [-0.2, 0) is 5.41 Å². The minimum Gasteiger partial charge on any atom is -0.496 e. The molecule has 0 saturated heterocycles. The zero-order valence-corrected chi connectivity index (χ0v) is 11.0. The fraction of sp³-hybridized carbons (Fsp3) is 0.600. The highest BCUT2D eigenvalue weighted by atomic mass is 16.5. The maximum Gasteiger partial charge on any atom is 0.122 e. The molecule has 0 amide bonds. The van der Waals surface area contributed by atoms with Crippen LogP contribution in [0.5, 0.6) is 5.75 Å². The molecule has 1 saturated carbocycles. The molecule has 1 aliphatic carbocycles. The highest BCUT2D eigenvalue weighted by Crippen LogP contribution is 2.47. The van der Waals surface area contributed by atoms with Crippen LogP contribution in [0.2, 0.25) is 0 Å². The van der Waals surface area contributed by atoms with Gasteiger partial charge in [0.05, 0.1) is 13.7 Å². The van der Waals surface area contributed by atoms with Crippen LogP contribution < -0.4 is 4.74 Å². The molecular formula is C15H22O2. The molecule has 0 radical (unpaired) electrons. The Bertz CT molecular complexity index is 386. The molecule has 2 rings (SSSR count). The number of hydrogen-bond donors (Lipinski definition) is 1. The first kappa shape index (κ1) is 12.4. The summed E-state index contributed by atoms with van der Waals surface area (Å²) in [4.78, 5) is 0. The first-order valence-electron chi connectivity index (χ1n) is 6.42. The minimum absolute atomic E-state index is 0.0454. The lowest BCUT2D eigenvalue weighted by molar-refractivity contribution is 0.117. The molecule has 0 aliphatic heterocycles. The smallest absolute Gasteiger partial charge is 0.122 e. The van der Waals surface area contributed by atoms with Crippen LogP contribution in [0.25, 0.3) is 0 Å². The van der Waals surface area contributed by atoms with Crippen molar-refractivity contribution >= 4 is 0 Å². The normalized spacial score (nSPS) is 17.9. The van der Waals surface area contributed by atoms with E-state index >= 15 is 0 Å². The molecule has 1 aromatic rings. The maximum absolute atomic E-state index is 9.68. The molecule has 0 unspecified atom stereocenters. The van der Waals surface area contributed by atoms with Gasteiger partial charge < -0.3 is 9.84 Å². The average Bonchev–Trinajstić information content (AvgIpc) is 2.28. The minimum atomic E-state index is -0.0454. The molecule has 0 aromatic heterocycles. The van der Waals surface area contributed by atoms with Gasteiger partial charge in [-0.25, -0.2) is 0 Å². The molecule has 1 N–H and O–H groups in total. The first-order chi connectivity index (χ1) is 8.13. The van der Waals surface area contributed by atoms with Crippen LogP contribution in [0.15, 0.2) is 18.2 Å². The van der Waals surface area contributed by atoms with E-state index in [9.17, 15) is 5.11 Å². The lowest BCUT2D eigenvalue weighted by atomic mass is 9.64. The SMILES string of the molecule is COc1ccc(C(C)C)cc1C1(CO)CCC1. The lowest BCUT2D eigenvalue weighted by Gasteiger charge is -2.41. The van der Waals surface area contributed by atoms with Crippen LogP contribution in [-0.4, -0.2) is 18.8 Å². The zero-order valence-electron chi connectivity index (χ0n) is 11.0. The van der Waals surface area contributed by atoms with Gasteiger partial charge in [-0.3, -0.25) is 0 Å². The van der Waals surface area contributed by atoms with E-state index in [0.29, 0.717) is 5.92 Å². The highest BCUT2D eigenvalue weighted by Gasteiger charge is 2.40. The Morgan fingerprint density at radius 2 is 2.06 bits per heavy atom. The van der Waals surface area contributed by atoms with E-state index in [0.717, 1.165) is 18.6 Å². The third-order valence-corrected chi connectivity index (χ3v) is 4.07. The van der Waals surface area contributed by atoms with Crippen LogP contribution >= 0.6 is 0 Å². The molecule has 17 heavy (non-hydrogen) atoms. The van der Waals surface area contributed by atoms with Crippen molar-refractivity contribution in [1.29, 1.82) is 0 Å². The predicted octanol–water partition coefficient (Wildman–Crippen LogP) is 3.23. The summed E-state index contributed by atoms with van der Waals surface area (Å²) in [6.45, 7) is 4.61. The number of methoxy groups -OCH3 is 1. The quantitative estimate of drug-likeness (QED) is 0.866. The van der Waals surface area contributed by atoms with Gasteiger partial charge in [0.1, 0.15) is 5.75 Å². The number of ether oxygens (including phenoxy) is 1.